The summed E-state index contributed by atoms with van der Waals surface area (Å²) in [6, 6.07) is 8.39. The zero-order valence-electron chi connectivity index (χ0n) is 11.9. The highest BCUT2D eigenvalue weighted by atomic mass is 32.1. The van der Waals surface area contributed by atoms with Crippen molar-refractivity contribution in [3.63, 3.8) is 0 Å². The largest absolute Gasteiger partial charge is 0.395 e. The van der Waals surface area contributed by atoms with Crippen LogP contribution in [0, 0.1) is 6.92 Å². The Morgan fingerprint density at radius 2 is 2.10 bits per heavy atom. The number of aliphatic hydroxyl groups is 1. The van der Waals surface area contributed by atoms with E-state index in [1.54, 1.807) is 23.7 Å². The lowest BCUT2D eigenvalue weighted by Gasteiger charge is -2.20. The molecule has 0 aliphatic rings. The van der Waals surface area contributed by atoms with E-state index in [0.29, 0.717) is 11.7 Å². The summed E-state index contributed by atoms with van der Waals surface area (Å²) in [4.78, 5) is 6.57. The van der Waals surface area contributed by atoms with Crippen LogP contribution in [0.15, 0.2) is 36.7 Å². The van der Waals surface area contributed by atoms with Crippen molar-refractivity contribution in [2.75, 3.05) is 13.2 Å². The van der Waals surface area contributed by atoms with Crippen LogP contribution in [0.1, 0.15) is 21.4 Å². The summed E-state index contributed by atoms with van der Waals surface area (Å²) in [7, 11) is 0. The van der Waals surface area contributed by atoms with Crippen molar-refractivity contribution >= 4 is 28.7 Å². The highest BCUT2D eigenvalue weighted by Crippen LogP contribution is 2.25. The quantitative estimate of drug-likeness (QED) is 0.712. The molecule has 2 aromatic heterocycles. The van der Waals surface area contributed by atoms with Gasteiger partial charge in [-0.3, -0.25) is 4.98 Å². The summed E-state index contributed by atoms with van der Waals surface area (Å²) in [5.74, 6) is 0. The molecule has 2 heterocycles. The molecule has 0 amide bonds. The van der Waals surface area contributed by atoms with E-state index in [4.69, 9.17) is 17.3 Å². The van der Waals surface area contributed by atoms with Gasteiger partial charge in [-0.05, 0) is 55.4 Å². The zero-order valence-corrected chi connectivity index (χ0v) is 13.5. The Kier molecular flexibility index (Phi) is 6.10. The summed E-state index contributed by atoms with van der Waals surface area (Å²) in [5.41, 5.74) is 1.21. The third kappa shape index (κ3) is 5.08. The first-order chi connectivity index (χ1) is 10.2. The van der Waals surface area contributed by atoms with E-state index < -0.39 is 0 Å². The van der Waals surface area contributed by atoms with Gasteiger partial charge in [0.2, 0.25) is 0 Å². The predicted octanol–water partition coefficient (Wildman–Crippen LogP) is 2.19. The standard InChI is InChI=1S/C15H19N3OS2/c1-11-2-3-14(21-11)13(18-15(20)17-8-9-19)10-12-4-6-16-7-5-12/h2-7,13,19H,8-10H2,1H3,(H2,17,18,20). The zero-order chi connectivity index (χ0) is 15.1. The lowest BCUT2D eigenvalue weighted by molar-refractivity contribution is 0.300. The molecular formula is C15H19N3OS2. The Balaban J connectivity index is 2.09. The Morgan fingerprint density at radius 3 is 2.71 bits per heavy atom. The van der Waals surface area contributed by atoms with Crippen LogP contribution in [-0.4, -0.2) is 28.4 Å². The third-order valence-corrected chi connectivity index (χ3v) is 4.37. The second-order valence-electron chi connectivity index (χ2n) is 4.68. The van der Waals surface area contributed by atoms with Gasteiger partial charge in [0.1, 0.15) is 0 Å². The predicted molar refractivity (Wildman–Crippen MR) is 90.6 cm³/mol. The number of nitrogens with zero attached hydrogens (tertiary/aromatic N) is 1. The van der Waals surface area contributed by atoms with Crippen molar-refractivity contribution < 1.29 is 5.11 Å². The number of pyridine rings is 1. The number of aromatic nitrogens is 1. The van der Waals surface area contributed by atoms with Gasteiger partial charge in [-0.2, -0.15) is 0 Å². The molecule has 0 aliphatic heterocycles. The SMILES string of the molecule is Cc1ccc(C(Cc2ccncc2)NC(=S)NCCO)s1. The fourth-order valence-corrected chi connectivity index (χ4v) is 3.17. The summed E-state index contributed by atoms with van der Waals surface area (Å²) < 4.78 is 0. The van der Waals surface area contributed by atoms with Crippen LogP contribution in [0.2, 0.25) is 0 Å². The van der Waals surface area contributed by atoms with Crippen LogP contribution in [0.4, 0.5) is 0 Å². The van der Waals surface area contributed by atoms with Gasteiger partial charge >= 0.3 is 0 Å². The molecule has 112 valence electrons. The molecular weight excluding hydrogens is 302 g/mol. The molecule has 6 heteroatoms. The first kappa shape index (κ1) is 15.9. The Bertz CT molecular complexity index is 571. The monoisotopic (exact) mass is 321 g/mol. The molecule has 1 atom stereocenters. The maximum Gasteiger partial charge on any atom is 0.166 e. The van der Waals surface area contributed by atoms with Gasteiger partial charge in [0.15, 0.2) is 5.11 Å². The van der Waals surface area contributed by atoms with E-state index in [1.807, 2.05) is 12.1 Å². The van der Waals surface area contributed by atoms with E-state index >= 15 is 0 Å². The average Bonchev–Trinajstić information content (AvgIpc) is 2.92. The van der Waals surface area contributed by atoms with Crippen molar-refractivity contribution in [2.45, 2.75) is 19.4 Å². The summed E-state index contributed by atoms with van der Waals surface area (Å²) in [5, 5.41) is 15.7. The minimum Gasteiger partial charge on any atom is -0.395 e. The van der Waals surface area contributed by atoms with Gasteiger partial charge in [0.25, 0.3) is 0 Å². The van der Waals surface area contributed by atoms with E-state index in [1.165, 1.54) is 15.3 Å². The van der Waals surface area contributed by atoms with Gasteiger partial charge in [-0.15, -0.1) is 11.3 Å². The molecule has 2 rings (SSSR count). The summed E-state index contributed by atoms with van der Waals surface area (Å²) >= 11 is 7.04. The Hall–Kier alpha value is -1.50. The summed E-state index contributed by atoms with van der Waals surface area (Å²) in [6.07, 6.45) is 4.44. The highest BCUT2D eigenvalue weighted by molar-refractivity contribution is 7.80. The number of hydrogen-bond acceptors (Lipinski definition) is 4. The minimum atomic E-state index is 0.0644. The number of rotatable bonds is 6. The van der Waals surface area contributed by atoms with Gasteiger partial charge < -0.3 is 15.7 Å². The molecule has 21 heavy (non-hydrogen) atoms. The molecule has 0 aromatic carbocycles. The minimum absolute atomic E-state index is 0.0644. The Morgan fingerprint density at radius 1 is 1.33 bits per heavy atom. The van der Waals surface area contributed by atoms with Crippen LogP contribution < -0.4 is 10.6 Å². The maximum atomic E-state index is 8.85. The number of aryl methyl sites for hydroxylation is 1. The first-order valence-electron chi connectivity index (χ1n) is 6.79. The molecule has 4 nitrogen and oxygen atoms in total. The lowest BCUT2D eigenvalue weighted by atomic mass is 10.1. The molecule has 0 radical (unpaired) electrons. The van der Waals surface area contributed by atoms with Gasteiger partial charge in [-0.1, -0.05) is 0 Å². The van der Waals surface area contributed by atoms with Gasteiger partial charge in [0, 0.05) is 28.7 Å². The highest BCUT2D eigenvalue weighted by Gasteiger charge is 2.15. The number of thiophene rings is 1. The summed E-state index contributed by atoms with van der Waals surface area (Å²) in [6.45, 7) is 2.62. The Labute approximate surface area is 134 Å². The van der Waals surface area contributed by atoms with Crippen LogP contribution in [0.25, 0.3) is 0 Å². The molecule has 0 saturated heterocycles. The van der Waals surface area contributed by atoms with Gasteiger partial charge in [0.05, 0.1) is 12.6 Å². The molecule has 3 N–H and O–H groups in total. The molecule has 0 bridgehead atoms. The fraction of sp³-hybridized carbons (Fsp3) is 0.333. The van der Waals surface area contributed by atoms with Crippen molar-refractivity contribution in [3.05, 3.63) is 52.0 Å². The second-order valence-corrected chi connectivity index (χ2v) is 6.41. The lowest BCUT2D eigenvalue weighted by Crippen LogP contribution is -2.39. The number of hydrogen-bond donors (Lipinski definition) is 3. The fourth-order valence-electron chi connectivity index (χ4n) is 2.00. The molecule has 0 aliphatic carbocycles. The molecule has 1 unspecified atom stereocenters. The molecule has 0 saturated carbocycles. The van der Waals surface area contributed by atoms with E-state index in [9.17, 15) is 0 Å². The van der Waals surface area contributed by atoms with E-state index in [-0.39, 0.29) is 12.6 Å². The first-order valence-corrected chi connectivity index (χ1v) is 8.02. The number of nitrogens with one attached hydrogen (secondary N) is 2. The third-order valence-electron chi connectivity index (χ3n) is 3.00. The topological polar surface area (TPSA) is 57.2 Å². The molecule has 0 fully saturated rings. The van der Waals surface area contributed by atoms with Crippen LogP contribution in [0.5, 0.6) is 0 Å². The van der Waals surface area contributed by atoms with Crippen LogP contribution in [0.3, 0.4) is 0 Å². The normalized spacial score (nSPS) is 11.9. The molecule has 2 aromatic rings. The van der Waals surface area contributed by atoms with Crippen molar-refractivity contribution in [1.29, 1.82) is 0 Å². The smallest absolute Gasteiger partial charge is 0.166 e. The average molecular weight is 321 g/mol. The number of aliphatic hydroxyl groups excluding tert-OH is 1. The van der Waals surface area contributed by atoms with Crippen LogP contribution >= 0.6 is 23.6 Å². The van der Waals surface area contributed by atoms with Gasteiger partial charge in [-0.25, -0.2) is 0 Å². The maximum absolute atomic E-state index is 8.85. The van der Waals surface area contributed by atoms with Crippen molar-refractivity contribution in [3.8, 4) is 0 Å². The van der Waals surface area contributed by atoms with Crippen LogP contribution in [-0.2, 0) is 6.42 Å². The second kappa shape index (κ2) is 8.07. The number of thiocarbonyl (C=S) groups is 1. The van der Waals surface area contributed by atoms with Crippen molar-refractivity contribution in [2.24, 2.45) is 0 Å². The molecule has 0 spiro atoms. The van der Waals surface area contributed by atoms with E-state index in [2.05, 4.69) is 34.7 Å². The van der Waals surface area contributed by atoms with Crippen molar-refractivity contribution in [1.82, 2.24) is 15.6 Å². The van der Waals surface area contributed by atoms with E-state index in [0.717, 1.165) is 6.42 Å².